The van der Waals surface area contributed by atoms with Gasteiger partial charge in [-0.05, 0) is 29.8 Å². The number of carbonyl (C=O) groups is 1. The fraction of sp³-hybridized carbons (Fsp3) is 0.200. The van der Waals surface area contributed by atoms with Crippen molar-refractivity contribution < 1.29 is 26.4 Å². The second kappa shape index (κ2) is 7.62. The molecule has 1 N–H and O–H groups in total. The Morgan fingerprint density at radius 1 is 1.12 bits per heavy atom. The van der Waals surface area contributed by atoms with E-state index in [0.29, 0.717) is 11.6 Å². The molecule has 25 heavy (non-hydrogen) atoms. The van der Waals surface area contributed by atoms with Crippen LogP contribution in [0, 0.1) is 17.5 Å². The Balaban J connectivity index is 2.14. The second-order valence-electron chi connectivity index (χ2n) is 5.16. The summed E-state index contributed by atoms with van der Waals surface area (Å²) in [4.78, 5) is 15.8. The van der Waals surface area contributed by atoms with Crippen molar-refractivity contribution in [2.75, 3.05) is 18.1 Å². The Labute approximate surface area is 142 Å². The average molecular weight is 373 g/mol. The predicted octanol–water partition coefficient (Wildman–Crippen LogP) is 1.90. The van der Waals surface area contributed by atoms with Gasteiger partial charge >= 0.3 is 0 Å². The topological polar surface area (TPSA) is 79.4 Å². The van der Waals surface area contributed by atoms with Crippen molar-refractivity contribution in [3.8, 4) is 0 Å². The molecule has 0 aliphatic carbocycles. The Morgan fingerprint density at radius 3 is 2.36 bits per heavy atom. The average Bonchev–Trinajstić information content (AvgIpc) is 2.55. The molecule has 1 aromatic heterocycles. The zero-order valence-electron chi connectivity index (χ0n) is 13.0. The van der Waals surface area contributed by atoms with Crippen molar-refractivity contribution in [1.82, 2.24) is 9.29 Å². The minimum Gasteiger partial charge on any atom is -0.322 e. The van der Waals surface area contributed by atoms with E-state index in [2.05, 4.69) is 4.98 Å². The normalized spacial score (nSPS) is 11.6. The summed E-state index contributed by atoms with van der Waals surface area (Å²) in [5.41, 5.74) is 0.00787. The number of amides is 1. The van der Waals surface area contributed by atoms with Crippen LogP contribution in [-0.4, -0.2) is 36.4 Å². The van der Waals surface area contributed by atoms with E-state index in [4.69, 9.17) is 0 Å². The molecule has 2 aromatic rings. The third-order valence-corrected chi connectivity index (χ3v) is 4.40. The van der Waals surface area contributed by atoms with Crippen LogP contribution in [0.1, 0.15) is 5.56 Å². The van der Waals surface area contributed by atoms with Crippen molar-refractivity contribution in [3.63, 3.8) is 0 Å². The third kappa shape index (κ3) is 5.00. The smallest absolute Gasteiger partial charge is 0.239 e. The molecule has 10 heteroatoms. The highest BCUT2D eigenvalue weighted by Crippen LogP contribution is 2.19. The number of benzene rings is 1. The van der Waals surface area contributed by atoms with E-state index in [1.807, 2.05) is 5.32 Å². The summed E-state index contributed by atoms with van der Waals surface area (Å²) >= 11 is 0. The molecular weight excluding hydrogens is 359 g/mol. The SMILES string of the molecule is CS(=O)(=O)N(CC(=O)Nc1ccc(F)c(F)c1F)Cc1ccncc1. The van der Waals surface area contributed by atoms with E-state index in [1.165, 1.54) is 12.4 Å². The molecule has 6 nitrogen and oxygen atoms in total. The first-order chi connectivity index (χ1) is 11.7. The van der Waals surface area contributed by atoms with E-state index in [9.17, 15) is 26.4 Å². The first-order valence-electron chi connectivity index (χ1n) is 6.96. The lowest BCUT2D eigenvalue weighted by atomic mass is 10.2. The number of nitrogens with one attached hydrogen (secondary N) is 1. The molecule has 0 fully saturated rings. The highest BCUT2D eigenvalue weighted by molar-refractivity contribution is 7.88. The molecule has 2 rings (SSSR count). The zero-order valence-corrected chi connectivity index (χ0v) is 13.9. The predicted molar refractivity (Wildman–Crippen MR) is 84.4 cm³/mol. The Bertz CT molecular complexity index is 876. The molecule has 1 amide bonds. The van der Waals surface area contributed by atoms with Gasteiger partial charge in [0.1, 0.15) is 0 Å². The van der Waals surface area contributed by atoms with E-state index in [-0.39, 0.29) is 6.54 Å². The van der Waals surface area contributed by atoms with Crippen LogP contribution in [0.4, 0.5) is 18.9 Å². The van der Waals surface area contributed by atoms with Gasteiger partial charge < -0.3 is 5.32 Å². The zero-order chi connectivity index (χ0) is 18.6. The first-order valence-corrected chi connectivity index (χ1v) is 8.80. The minimum atomic E-state index is -3.75. The highest BCUT2D eigenvalue weighted by Gasteiger charge is 2.22. The maximum absolute atomic E-state index is 13.6. The van der Waals surface area contributed by atoms with Crippen LogP contribution in [0.2, 0.25) is 0 Å². The van der Waals surface area contributed by atoms with Gasteiger partial charge in [0.2, 0.25) is 15.9 Å². The lowest BCUT2D eigenvalue weighted by Crippen LogP contribution is -2.37. The molecule has 0 aliphatic rings. The summed E-state index contributed by atoms with van der Waals surface area (Å²) in [6, 6.07) is 4.65. The Morgan fingerprint density at radius 2 is 1.76 bits per heavy atom. The van der Waals surface area contributed by atoms with E-state index in [1.54, 1.807) is 12.1 Å². The number of pyridine rings is 1. The molecule has 0 bridgehead atoms. The van der Waals surface area contributed by atoms with Gasteiger partial charge in [-0.3, -0.25) is 9.78 Å². The van der Waals surface area contributed by atoms with Gasteiger partial charge in [0.05, 0.1) is 18.5 Å². The molecule has 0 saturated heterocycles. The number of anilines is 1. The summed E-state index contributed by atoms with van der Waals surface area (Å²) in [5, 5.41) is 2.03. The quantitative estimate of drug-likeness (QED) is 0.785. The number of halogens is 3. The van der Waals surface area contributed by atoms with Gasteiger partial charge in [-0.15, -0.1) is 0 Å². The van der Waals surface area contributed by atoms with Gasteiger partial charge in [-0.2, -0.15) is 4.31 Å². The first kappa shape index (κ1) is 18.9. The van der Waals surface area contributed by atoms with Gasteiger partial charge in [-0.25, -0.2) is 21.6 Å². The number of nitrogens with zero attached hydrogens (tertiary/aromatic N) is 2. The molecular formula is C15H14F3N3O3S. The number of rotatable bonds is 6. The molecule has 0 radical (unpaired) electrons. The summed E-state index contributed by atoms with van der Waals surface area (Å²) < 4.78 is 64.2. The van der Waals surface area contributed by atoms with Crippen LogP contribution in [0.25, 0.3) is 0 Å². The lowest BCUT2D eigenvalue weighted by Gasteiger charge is -2.19. The van der Waals surface area contributed by atoms with Crippen LogP contribution in [0.3, 0.4) is 0 Å². The summed E-state index contributed by atoms with van der Waals surface area (Å²) in [7, 11) is -3.75. The van der Waals surface area contributed by atoms with Crippen molar-refractivity contribution in [2.24, 2.45) is 0 Å². The number of hydrogen-bond donors (Lipinski definition) is 1. The largest absolute Gasteiger partial charge is 0.322 e. The van der Waals surface area contributed by atoms with Crippen LogP contribution in [-0.2, 0) is 21.4 Å². The molecule has 0 saturated carbocycles. The molecule has 1 heterocycles. The van der Waals surface area contributed by atoms with E-state index < -0.39 is 45.6 Å². The van der Waals surface area contributed by atoms with Crippen molar-refractivity contribution in [2.45, 2.75) is 6.54 Å². The Kier molecular flexibility index (Phi) is 5.75. The summed E-state index contributed by atoms with van der Waals surface area (Å²) in [6.07, 6.45) is 3.85. The summed E-state index contributed by atoms with van der Waals surface area (Å²) in [6.45, 7) is -0.728. The van der Waals surface area contributed by atoms with Crippen LogP contribution in [0.15, 0.2) is 36.7 Å². The molecule has 0 aliphatic heterocycles. The number of carbonyl (C=O) groups excluding carboxylic acids is 1. The van der Waals surface area contributed by atoms with Crippen LogP contribution < -0.4 is 5.32 Å². The summed E-state index contributed by atoms with van der Waals surface area (Å²) in [5.74, 6) is -5.58. The number of aromatic nitrogens is 1. The monoisotopic (exact) mass is 373 g/mol. The highest BCUT2D eigenvalue weighted by atomic mass is 32.2. The van der Waals surface area contributed by atoms with Crippen LogP contribution in [0.5, 0.6) is 0 Å². The van der Waals surface area contributed by atoms with Gasteiger partial charge in [0.25, 0.3) is 0 Å². The van der Waals surface area contributed by atoms with Gasteiger partial charge in [0, 0.05) is 18.9 Å². The molecule has 0 unspecified atom stereocenters. The van der Waals surface area contributed by atoms with Crippen molar-refractivity contribution >= 4 is 21.6 Å². The van der Waals surface area contributed by atoms with E-state index >= 15 is 0 Å². The maximum Gasteiger partial charge on any atom is 0.239 e. The fourth-order valence-electron chi connectivity index (χ4n) is 1.95. The molecule has 0 atom stereocenters. The van der Waals surface area contributed by atoms with Crippen molar-refractivity contribution in [1.29, 1.82) is 0 Å². The van der Waals surface area contributed by atoms with Gasteiger partial charge in [-0.1, -0.05) is 0 Å². The second-order valence-corrected chi connectivity index (χ2v) is 7.14. The van der Waals surface area contributed by atoms with Crippen molar-refractivity contribution in [3.05, 3.63) is 59.7 Å². The van der Waals surface area contributed by atoms with Crippen LogP contribution >= 0.6 is 0 Å². The molecule has 1 aromatic carbocycles. The molecule has 0 spiro atoms. The third-order valence-electron chi connectivity index (χ3n) is 3.21. The number of hydrogen-bond acceptors (Lipinski definition) is 4. The van der Waals surface area contributed by atoms with Gasteiger partial charge in [0.15, 0.2) is 17.5 Å². The van der Waals surface area contributed by atoms with E-state index in [0.717, 1.165) is 16.6 Å². The minimum absolute atomic E-state index is 0.102. The Hall–Kier alpha value is -2.46. The number of sulfonamides is 1. The lowest BCUT2D eigenvalue weighted by molar-refractivity contribution is -0.116. The fourth-order valence-corrected chi connectivity index (χ4v) is 2.69. The molecule has 134 valence electrons. The standard InChI is InChI=1S/C15H14F3N3O3S/c1-25(23,24)21(8-10-4-6-19-7-5-10)9-13(22)20-12-3-2-11(16)14(17)15(12)18/h2-7H,8-9H2,1H3,(H,20,22). The maximum atomic E-state index is 13.6.